The van der Waals surface area contributed by atoms with Crippen LogP contribution in [0.25, 0.3) is 0 Å². The molecule has 2 aliphatic heterocycles. The van der Waals surface area contributed by atoms with Crippen LogP contribution in [0, 0.1) is 0 Å². The highest BCUT2D eigenvalue weighted by Gasteiger charge is 2.32. The molecule has 3 rings (SSSR count). The number of nitrogens with one attached hydrogen (secondary N) is 1. The average molecular weight is 488 g/mol. The van der Waals surface area contributed by atoms with Crippen molar-refractivity contribution in [2.75, 3.05) is 47.4 Å². The lowest BCUT2D eigenvalue weighted by molar-refractivity contribution is -0.0817. The van der Waals surface area contributed by atoms with Gasteiger partial charge in [0.2, 0.25) is 0 Å². The van der Waals surface area contributed by atoms with Crippen molar-refractivity contribution in [3.8, 4) is 0 Å². The fourth-order valence-corrected chi connectivity index (χ4v) is 3.63. The lowest BCUT2D eigenvalue weighted by atomic mass is 10.1. The monoisotopic (exact) mass is 488 g/mol. The van der Waals surface area contributed by atoms with E-state index in [2.05, 4.69) is 58.5 Å². The Morgan fingerprint density at radius 3 is 2.48 bits per heavy atom. The predicted octanol–water partition coefficient (Wildman–Crippen LogP) is 2.32. The van der Waals surface area contributed by atoms with Crippen LogP contribution in [0.2, 0.25) is 0 Å². The first-order valence-corrected chi connectivity index (χ1v) is 9.57. The summed E-state index contributed by atoms with van der Waals surface area (Å²) in [6.45, 7) is 5.03. The van der Waals surface area contributed by atoms with Crippen LogP contribution in [0.15, 0.2) is 29.3 Å². The number of ether oxygens (including phenoxy) is 2. The predicted molar refractivity (Wildman–Crippen MR) is 120 cm³/mol. The van der Waals surface area contributed by atoms with Gasteiger partial charge in [0.25, 0.3) is 0 Å². The summed E-state index contributed by atoms with van der Waals surface area (Å²) in [6, 6.07) is 8.77. The zero-order chi connectivity index (χ0) is 18.4. The minimum Gasteiger partial charge on any atom is -0.375 e. The summed E-state index contributed by atoms with van der Waals surface area (Å²) in [5.41, 5.74) is 2.59. The second-order valence-corrected chi connectivity index (χ2v) is 7.36. The molecule has 27 heavy (non-hydrogen) atoms. The minimum atomic E-state index is 0. The van der Waals surface area contributed by atoms with Crippen molar-refractivity contribution >= 4 is 29.9 Å². The number of halogens is 1. The Morgan fingerprint density at radius 2 is 1.85 bits per heavy atom. The van der Waals surface area contributed by atoms with Crippen molar-refractivity contribution in [1.82, 2.24) is 15.1 Å². The number of nitrogens with zero attached hydrogens (tertiary/aromatic N) is 3. The summed E-state index contributed by atoms with van der Waals surface area (Å²) < 4.78 is 11.7. The van der Waals surface area contributed by atoms with Crippen molar-refractivity contribution in [3.63, 3.8) is 0 Å². The molecule has 0 spiro atoms. The second kappa shape index (κ2) is 11.2. The van der Waals surface area contributed by atoms with Crippen LogP contribution >= 0.6 is 24.0 Å². The Balaban J connectivity index is 0.00000261. The lowest BCUT2D eigenvalue weighted by Gasteiger charge is -2.37. The maximum absolute atomic E-state index is 5.94. The summed E-state index contributed by atoms with van der Waals surface area (Å²) in [6.07, 6.45) is 2.63. The van der Waals surface area contributed by atoms with E-state index in [1.165, 1.54) is 11.1 Å². The SMILES string of the molecule is CN=C(NCc1ccc(CN(C)C)cc1)N1CCOC(C2CCCO2)C1.I. The molecule has 2 fully saturated rings. The first kappa shape index (κ1) is 22.4. The normalized spacial score (nSPS) is 23.4. The number of benzene rings is 1. The molecule has 2 saturated heterocycles. The molecule has 0 aromatic heterocycles. The second-order valence-electron chi connectivity index (χ2n) is 7.36. The van der Waals surface area contributed by atoms with Gasteiger partial charge < -0.3 is 24.6 Å². The molecule has 2 aliphatic rings. The van der Waals surface area contributed by atoms with Crippen molar-refractivity contribution in [3.05, 3.63) is 35.4 Å². The average Bonchev–Trinajstić information content (AvgIpc) is 3.18. The number of guanidine groups is 1. The molecule has 0 amide bonds. The first-order valence-electron chi connectivity index (χ1n) is 9.57. The van der Waals surface area contributed by atoms with Gasteiger partial charge in [-0.1, -0.05) is 24.3 Å². The van der Waals surface area contributed by atoms with Gasteiger partial charge in [-0.25, -0.2) is 0 Å². The number of hydrogen-bond acceptors (Lipinski definition) is 4. The smallest absolute Gasteiger partial charge is 0.194 e. The third kappa shape index (κ3) is 6.58. The molecule has 152 valence electrons. The van der Waals surface area contributed by atoms with Crippen molar-refractivity contribution in [2.24, 2.45) is 4.99 Å². The fourth-order valence-electron chi connectivity index (χ4n) is 3.63. The zero-order valence-electron chi connectivity index (χ0n) is 16.7. The maximum atomic E-state index is 5.94. The molecule has 0 bridgehead atoms. The van der Waals surface area contributed by atoms with Crippen LogP contribution in [0.4, 0.5) is 0 Å². The highest BCUT2D eigenvalue weighted by atomic mass is 127. The maximum Gasteiger partial charge on any atom is 0.194 e. The molecule has 0 radical (unpaired) electrons. The Bertz CT molecular complexity index is 588. The molecule has 7 heteroatoms. The van der Waals surface area contributed by atoms with Gasteiger partial charge in [-0.15, -0.1) is 24.0 Å². The largest absolute Gasteiger partial charge is 0.375 e. The molecule has 2 unspecified atom stereocenters. The number of rotatable bonds is 5. The van der Waals surface area contributed by atoms with Crippen LogP contribution in [0.3, 0.4) is 0 Å². The van der Waals surface area contributed by atoms with Crippen molar-refractivity contribution in [2.45, 2.75) is 38.1 Å². The molecule has 2 atom stereocenters. The van der Waals surface area contributed by atoms with E-state index in [4.69, 9.17) is 9.47 Å². The van der Waals surface area contributed by atoms with Crippen molar-refractivity contribution < 1.29 is 9.47 Å². The Labute approximate surface area is 180 Å². The molecule has 6 nitrogen and oxygen atoms in total. The van der Waals surface area contributed by atoms with Gasteiger partial charge in [-0.2, -0.15) is 0 Å². The van der Waals surface area contributed by atoms with Gasteiger partial charge in [0.05, 0.1) is 12.7 Å². The molecule has 0 aliphatic carbocycles. The van der Waals surface area contributed by atoms with Gasteiger partial charge in [-0.05, 0) is 38.1 Å². The number of hydrogen-bond donors (Lipinski definition) is 1. The van der Waals surface area contributed by atoms with E-state index in [0.29, 0.717) is 0 Å². The van der Waals surface area contributed by atoms with Crippen LogP contribution in [0.1, 0.15) is 24.0 Å². The van der Waals surface area contributed by atoms with E-state index < -0.39 is 0 Å². The first-order chi connectivity index (χ1) is 12.7. The summed E-state index contributed by atoms with van der Waals surface area (Å²) in [5.74, 6) is 0.939. The van der Waals surface area contributed by atoms with Crippen LogP contribution in [0.5, 0.6) is 0 Å². The topological polar surface area (TPSA) is 49.3 Å². The van der Waals surface area contributed by atoms with Gasteiger partial charge in [0.15, 0.2) is 5.96 Å². The molecular formula is C20H33IN4O2. The van der Waals surface area contributed by atoms with E-state index in [1.807, 2.05) is 7.05 Å². The third-order valence-electron chi connectivity index (χ3n) is 4.96. The highest BCUT2D eigenvalue weighted by molar-refractivity contribution is 14.0. The molecule has 1 aromatic rings. The van der Waals surface area contributed by atoms with Gasteiger partial charge in [0, 0.05) is 39.8 Å². The number of aliphatic imine (C=N–C) groups is 1. The van der Waals surface area contributed by atoms with Crippen LogP contribution in [-0.4, -0.2) is 75.4 Å². The van der Waals surface area contributed by atoms with Gasteiger partial charge in [-0.3, -0.25) is 4.99 Å². The van der Waals surface area contributed by atoms with E-state index in [9.17, 15) is 0 Å². The van der Waals surface area contributed by atoms with Crippen LogP contribution in [-0.2, 0) is 22.6 Å². The van der Waals surface area contributed by atoms with E-state index in [0.717, 1.165) is 58.2 Å². The third-order valence-corrected chi connectivity index (χ3v) is 4.96. The zero-order valence-corrected chi connectivity index (χ0v) is 19.0. The fraction of sp³-hybridized carbons (Fsp3) is 0.650. The molecule has 1 N–H and O–H groups in total. The molecule has 2 heterocycles. The Hall–Kier alpha value is -0.900. The molecule has 1 aromatic carbocycles. The lowest BCUT2D eigenvalue weighted by Crippen LogP contribution is -2.53. The quantitative estimate of drug-likeness (QED) is 0.392. The Morgan fingerprint density at radius 1 is 1.15 bits per heavy atom. The van der Waals surface area contributed by atoms with Crippen LogP contribution < -0.4 is 5.32 Å². The van der Waals surface area contributed by atoms with E-state index in [-0.39, 0.29) is 36.2 Å². The summed E-state index contributed by atoms with van der Waals surface area (Å²) in [4.78, 5) is 8.94. The van der Waals surface area contributed by atoms with Gasteiger partial charge in [0.1, 0.15) is 6.10 Å². The Kier molecular flexibility index (Phi) is 9.28. The number of morpholine rings is 1. The summed E-state index contributed by atoms with van der Waals surface area (Å²) >= 11 is 0. The highest BCUT2D eigenvalue weighted by Crippen LogP contribution is 2.21. The van der Waals surface area contributed by atoms with E-state index in [1.54, 1.807) is 0 Å². The summed E-state index contributed by atoms with van der Waals surface area (Å²) in [5, 5.41) is 3.50. The van der Waals surface area contributed by atoms with Crippen molar-refractivity contribution in [1.29, 1.82) is 0 Å². The van der Waals surface area contributed by atoms with Gasteiger partial charge >= 0.3 is 0 Å². The standard InChI is InChI=1S/C20H32N4O2.HI/c1-21-20(22-13-16-6-8-17(9-7-16)14-23(2)3)24-10-12-26-19(15-24)18-5-4-11-25-18;/h6-9,18-19H,4-5,10-15H2,1-3H3,(H,21,22);1H. The molecule has 0 saturated carbocycles. The minimum absolute atomic E-state index is 0. The molecular weight excluding hydrogens is 455 g/mol. The van der Waals surface area contributed by atoms with E-state index >= 15 is 0 Å². The summed E-state index contributed by atoms with van der Waals surface area (Å²) in [7, 11) is 6.02.